The number of aromatic nitrogens is 1. The smallest absolute Gasteiger partial charge is 0.278 e. The maximum atomic E-state index is 12.4. The summed E-state index contributed by atoms with van der Waals surface area (Å²) in [5.41, 5.74) is 2.35. The summed E-state index contributed by atoms with van der Waals surface area (Å²) >= 11 is 1.41. The molecule has 0 aliphatic heterocycles. The van der Waals surface area contributed by atoms with Crippen LogP contribution < -0.4 is 14.8 Å². The highest BCUT2D eigenvalue weighted by atomic mass is 32.1. The number of anilines is 1. The van der Waals surface area contributed by atoms with Crippen molar-refractivity contribution in [2.75, 3.05) is 5.32 Å². The Morgan fingerprint density at radius 1 is 0.897 bits per heavy atom. The van der Waals surface area contributed by atoms with Crippen LogP contribution in [0.2, 0.25) is 0 Å². The van der Waals surface area contributed by atoms with Crippen molar-refractivity contribution in [3.63, 3.8) is 0 Å². The lowest BCUT2D eigenvalue weighted by Gasteiger charge is -2.09. The standard InChI is InChI=1S/C23H18N2O3S/c26-22(18-6-10-21(11-7-18)28-23-24-14-15-29-23)25-19-8-12-20(13-9-19)27-16-17-4-2-1-3-5-17/h1-15H,16H2,(H,25,26). The number of carbonyl (C=O) groups excluding carboxylic acids is 1. The molecule has 1 aromatic heterocycles. The van der Waals surface area contributed by atoms with Gasteiger partial charge in [0.2, 0.25) is 0 Å². The van der Waals surface area contributed by atoms with E-state index in [1.54, 1.807) is 30.5 Å². The fraction of sp³-hybridized carbons (Fsp3) is 0.0435. The van der Waals surface area contributed by atoms with Crippen molar-refractivity contribution in [1.82, 2.24) is 4.98 Å². The van der Waals surface area contributed by atoms with Gasteiger partial charge >= 0.3 is 0 Å². The van der Waals surface area contributed by atoms with Crippen molar-refractivity contribution in [3.8, 4) is 16.7 Å². The van der Waals surface area contributed by atoms with E-state index in [0.29, 0.717) is 28.8 Å². The van der Waals surface area contributed by atoms with Crippen LogP contribution in [0.4, 0.5) is 5.69 Å². The minimum absolute atomic E-state index is 0.191. The molecular weight excluding hydrogens is 384 g/mol. The molecule has 1 N–H and O–H groups in total. The zero-order valence-corrected chi connectivity index (χ0v) is 16.3. The van der Waals surface area contributed by atoms with Gasteiger partial charge in [-0.05, 0) is 54.1 Å². The predicted molar refractivity (Wildman–Crippen MR) is 114 cm³/mol. The molecule has 1 amide bonds. The van der Waals surface area contributed by atoms with Crippen LogP contribution in [0, 0.1) is 0 Å². The summed E-state index contributed by atoms with van der Waals surface area (Å²) in [4.78, 5) is 16.5. The molecule has 0 aliphatic carbocycles. The van der Waals surface area contributed by atoms with Crippen LogP contribution >= 0.6 is 11.3 Å². The van der Waals surface area contributed by atoms with E-state index in [1.807, 2.05) is 60.0 Å². The molecule has 144 valence electrons. The normalized spacial score (nSPS) is 10.3. The number of hydrogen-bond acceptors (Lipinski definition) is 5. The van der Waals surface area contributed by atoms with Gasteiger partial charge in [-0.25, -0.2) is 4.98 Å². The Balaban J connectivity index is 1.32. The SMILES string of the molecule is O=C(Nc1ccc(OCc2ccccc2)cc1)c1ccc(Oc2nccs2)cc1. The van der Waals surface area contributed by atoms with Gasteiger partial charge in [0, 0.05) is 22.8 Å². The predicted octanol–water partition coefficient (Wildman–Crippen LogP) is 5.77. The van der Waals surface area contributed by atoms with Crippen LogP contribution in [0.1, 0.15) is 15.9 Å². The molecule has 0 unspecified atom stereocenters. The van der Waals surface area contributed by atoms with Crippen molar-refractivity contribution in [2.45, 2.75) is 6.61 Å². The van der Waals surface area contributed by atoms with Crippen LogP contribution in [0.5, 0.6) is 16.7 Å². The third-order valence-corrected chi connectivity index (χ3v) is 4.74. The number of amides is 1. The largest absolute Gasteiger partial charge is 0.489 e. The van der Waals surface area contributed by atoms with Crippen LogP contribution in [0.15, 0.2) is 90.4 Å². The monoisotopic (exact) mass is 402 g/mol. The molecule has 1 heterocycles. The number of hydrogen-bond donors (Lipinski definition) is 1. The molecule has 0 aliphatic rings. The molecule has 0 spiro atoms. The molecule has 0 radical (unpaired) electrons. The van der Waals surface area contributed by atoms with Crippen molar-refractivity contribution in [1.29, 1.82) is 0 Å². The van der Waals surface area contributed by atoms with E-state index in [4.69, 9.17) is 9.47 Å². The Labute approximate surface area is 172 Å². The summed E-state index contributed by atoms with van der Waals surface area (Å²) in [5, 5.41) is 5.29. The summed E-state index contributed by atoms with van der Waals surface area (Å²) in [6.07, 6.45) is 1.68. The lowest BCUT2D eigenvalue weighted by molar-refractivity contribution is 0.102. The number of rotatable bonds is 7. The Bertz CT molecular complexity index is 1050. The minimum atomic E-state index is -0.191. The average Bonchev–Trinajstić information content (AvgIpc) is 3.27. The van der Waals surface area contributed by atoms with Gasteiger partial charge in [-0.15, -0.1) is 0 Å². The maximum absolute atomic E-state index is 12.4. The van der Waals surface area contributed by atoms with Crippen LogP contribution in [-0.2, 0) is 6.61 Å². The molecule has 0 fully saturated rings. The number of thiazole rings is 1. The number of carbonyl (C=O) groups is 1. The Morgan fingerprint density at radius 2 is 1.62 bits per heavy atom. The summed E-state index contributed by atoms with van der Waals surface area (Å²) < 4.78 is 11.4. The van der Waals surface area contributed by atoms with E-state index >= 15 is 0 Å². The lowest BCUT2D eigenvalue weighted by Crippen LogP contribution is -2.11. The zero-order chi connectivity index (χ0) is 19.9. The highest BCUT2D eigenvalue weighted by molar-refractivity contribution is 7.11. The second kappa shape index (κ2) is 9.03. The van der Waals surface area contributed by atoms with E-state index in [1.165, 1.54) is 11.3 Å². The van der Waals surface area contributed by atoms with Gasteiger partial charge in [0.25, 0.3) is 11.1 Å². The van der Waals surface area contributed by atoms with Gasteiger partial charge < -0.3 is 14.8 Å². The van der Waals surface area contributed by atoms with Crippen molar-refractivity contribution >= 4 is 22.9 Å². The first-order valence-electron chi connectivity index (χ1n) is 9.02. The summed E-state index contributed by atoms with van der Waals surface area (Å²) in [7, 11) is 0. The van der Waals surface area contributed by atoms with Crippen LogP contribution in [0.3, 0.4) is 0 Å². The second-order valence-electron chi connectivity index (χ2n) is 6.18. The van der Waals surface area contributed by atoms with Gasteiger partial charge in [-0.1, -0.05) is 41.7 Å². The van der Waals surface area contributed by atoms with Crippen LogP contribution in [0.25, 0.3) is 0 Å². The fourth-order valence-corrected chi connectivity index (χ4v) is 3.12. The van der Waals surface area contributed by atoms with Gasteiger partial charge in [0.1, 0.15) is 18.1 Å². The number of benzene rings is 3. The molecule has 5 nitrogen and oxygen atoms in total. The van der Waals surface area contributed by atoms with E-state index in [-0.39, 0.29) is 5.91 Å². The van der Waals surface area contributed by atoms with E-state index in [0.717, 1.165) is 11.3 Å². The van der Waals surface area contributed by atoms with Crippen molar-refractivity contribution in [3.05, 3.63) is 102 Å². The van der Waals surface area contributed by atoms with Gasteiger partial charge in [0.05, 0.1) is 0 Å². The Morgan fingerprint density at radius 3 is 2.31 bits per heavy atom. The first-order chi connectivity index (χ1) is 14.3. The molecular formula is C23H18N2O3S. The first kappa shape index (κ1) is 18.7. The van der Waals surface area contributed by atoms with E-state index in [2.05, 4.69) is 10.3 Å². The molecule has 0 atom stereocenters. The molecule has 4 rings (SSSR count). The third-order valence-electron chi connectivity index (χ3n) is 4.09. The topological polar surface area (TPSA) is 60.5 Å². The quantitative estimate of drug-likeness (QED) is 0.426. The molecule has 3 aromatic carbocycles. The molecule has 0 saturated carbocycles. The maximum Gasteiger partial charge on any atom is 0.278 e. The molecule has 0 bridgehead atoms. The number of nitrogens with zero attached hydrogens (tertiary/aromatic N) is 1. The molecule has 4 aromatic rings. The summed E-state index contributed by atoms with van der Waals surface area (Å²) in [5.74, 6) is 1.19. The summed E-state index contributed by atoms with van der Waals surface area (Å²) in [6.45, 7) is 0.502. The highest BCUT2D eigenvalue weighted by Crippen LogP contribution is 2.24. The van der Waals surface area contributed by atoms with Gasteiger partial charge in [-0.3, -0.25) is 4.79 Å². The molecule has 29 heavy (non-hydrogen) atoms. The molecule has 6 heteroatoms. The van der Waals surface area contributed by atoms with Crippen molar-refractivity contribution < 1.29 is 14.3 Å². The fourth-order valence-electron chi connectivity index (χ4n) is 2.61. The van der Waals surface area contributed by atoms with Crippen LogP contribution in [-0.4, -0.2) is 10.9 Å². The Hall–Kier alpha value is -3.64. The first-order valence-corrected chi connectivity index (χ1v) is 9.90. The minimum Gasteiger partial charge on any atom is -0.489 e. The molecule has 0 saturated heterocycles. The van der Waals surface area contributed by atoms with E-state index < -0.39 is 0 Å². The summed E-state index contributed by atoms with van der Waals surface area (Å²) in [6, 6.07) is 24.2. The van der Waals surface area contributed by atoms with Gasteiger partial charge in [0.15, 0.2) is 0 Å². The van der Waals surface area contributed by atoms with Crippen molar-refractivity contribution in [2.24, 2.45) is 0 Å². The second-order valence-corrected chi connectivity index (χ2v) is 7.03. The third kappa shape index (κ3) is 5.21. The average molecular weight is 402 g/mol. The Kier molecular flexibility index (Phi) is 5.83. The number of ether oxygens (including phenoxy) is 2. The van der Waals surface area contributed by atoms with E-state index in [9.17, 15) is 4.79 Å². The highest BCUT2D eigenvalue weighted by Gasteiger charge is 2.07. The lowest BCUT2D eigenvalue weighted by atomic mass is 10.2. The van der Waals surface area contributed by atoms with Gasteiger partial charge in [-0.2, -0.15) is 0 Å². The zero-order valence-electron chi connectivity index (χ0n) is 15.4. The number of nitrogens with one attached hydrogen (secondary N) is 1.